The highest BCUT2D eigenvalue weighted by Gasteiger charge is 2.27. The van der Waals surface area contributed by atoms with Crippen molar-refractivity contribution in [1.29, 1.82) is 0 Å². The van der Waals surface area contributed by atoms with Gasteiger partial charge in [-0.05, 0) is 37.3 Å². The minimum absolute atomic E-state index is 0.00416. The van der Waals surface area contributed by atoms with Crippen molar-refractivity contribution in [2.24, 2.45) is 0 Å². The highest BCUT2D eigenvalue weighted by Crippen LogP contribution is 2.30. The Morgan fingerprint density at radius 3 is 2.55 bits per heavy atom. The predicted molar refractivity (Wildman–Crippen MR) is 116 cm³/mol. The number of benzene rings is 2. The molecule has 150 valence electrons. The molecule has 7 heteroatoms. The van der Waals surface area contributed by atoms with E-state index >= 15 is 0 Å². The van der Waals surface area contributed by atoms with E-state index in [1.54, 1.807) is 35.6 Å². The molecule has 1 N–H and O–H groups in total. The molecule has 1 aliphatic heterocycles. The van der Waals surface area contributed by atoms with Gasteiger partial charge in [-0.15, -0.1) is 11.3 Å². The number of fused-ring (bicyclic) bond motifs is 1. The lowest BCUT2D eigenvalue weighted by molar-refractivity contribution is -0.114. The van der Waals surface area contributed by atoms with Crippen LogP contribution in [0.2, 0.25) is 0 Å². The van der Waals surface area contributed by atoms with Crippen LogP contribution in [0, 0.1) is 0 Å². The summed E-state index contributed by atoms with van der Waals surface area (Å²) in [7, 11) is 0. The number of carbonyl (C=O) groups excluding carboxylic acids is 2. The minimum Gasteiger partial charge on any atom is -0.336 e. The summed E-state index contributed by atoms with van der Waals surface area (Å²) >= 11 is 1.74. The van der Waals surface area contributed by atoms with Gasteiger partial charge < -0.3 is 10.2 Å². The molecule has 1 atom stereocenters. The number of aromatic nitrogens is 1. The van der Waals surface area contributed by atoms with Crippen LogP contribution >= 0.6 is 11.3 Å². The standard InChI is InChI=1S/C22H24N4O2S/c1-15(21-24-19-8-3-4-9-20(19)29-21)25-10-12-26(13-11-25)22(28)17-6-5-7-18(14-17)23-16(2)27/h3-9,14-15H,10-13H2,1-2H3,(H,23,27)/t15-/m0/s1. The Bertz CT molecular complexity index is 1010. The minimum atomic E-state index is -0.146. The summed E-state index contributed by atoms with van der Waals surface area (Å²) in [5.74, 6) is -0.142. The zero-order chi connectivity index (χ0) is 20.4. The number of piperazine rings is 1. The lowest BCUT2D eigenvalue weighted by Crippen LogP contribution is -2.49. The highest BCUT2D eigenvalue weighted by molar-refractivity contribution is 7.18. The van der Waals surface area contributed by atoms with Crippen LogP contribution in [0.1, 0.15) is 35.3 Å². The topological polar surface area (TPSA) is 65.5 Å². The van der Waals surface area contributed by atoms with E-state index in [0.29, 0.717) is 24.3 Å². The second kappa shape index (κ2) is 8.31. The van der Waals surface area contributed by atoms with E-state index in [4.69, 9.17) is 4.98 Å². The van der Waals surface area contributed by atoms with Gasteiger partial charge in [-0.2, -0.15) is 0 Å². The molecule has 1 aromatic heterocycles. The van der Waals surface area contributed by atoms with Crippen molar-refractivity contribution < 1.29 is 9.59 Å². The lowest BCUT2D eigenvalue weighted by Gasteiger charge is -2.37. The van der Waals surface area contributed by atoms with E-state index in [0.717, 1.165) is 23.6 Å². The van der Waals surface area contributed by atoms with Crippen molar-refractivity contribution in [2.45, 2.75) is 19.9 Å². The maximum atomic E-state index is 12.9. The fourth-order valence-electron chi connectivity index (χ4n) is 3.65. The summed E-state index contributed by atoms with van der Waals surface area (Å²) < 4.78 is 1.21. The van der Waals surface area contributed by atoms with E-state index in [1.165, 1.54) is 11.6 Å². The number of carbonyl (C=O) groups is 2. The van der Waals surface area contributed by atoms with Crippen molar-refractivity contribution in [3.05, 3.63) is 59.1 Å². The average Bonchev–Trinajstić information content (AvgIpc) is 3.17. The van der Waals surface area contributed by atoms with E-state index in [9.17, 15) is 9.59 Å². The molecule has 1 saturated heterocycles. The van der Waals surface area contributed by atoms with Gasteiger partial charge in [0.1, 0.15) is 5.01 Å². The first-order chi connectivity index (χ1) is 14.0. The summed E-state index contributed by atoms with van der Waals surface area (Å²) in [5, 5.41) is 3.85. The molecule has 2 amide bonds. The number of nitrogens with zero attached hydrogens (tertiary/aromatic N) is 3. The Labute approximate surface area is 174 Å². The predicted octanol–water partition coefficient (Wildman–Crippen LogP) is 3.77. The number of para-hydroxylation sites is 1. The zero-order valence-corrected chi connectivity index (χ0v) is 17.4. The Kier molecular flexibility index (Phi) is 5.60. The first-order valence-corrected chi connectivity index (χ1v) is 10.6. The number of hydrogen-bond acceptors (Lipinski definition) is 5. The van der Waals surface area contributed by atoms with Crippen LogP contribution in [0.3, 0.4) is 0 Å². The number of anilines is 1. The van der Waals surface area contributed by atoms with Crippen molar-refractivity contribution in [3.63, 3.8) is 0 Å². The third-order valence-corrected chi connectivity index (χ3v) is 6.45. The maximum Gasteiger partial charge on any atom is 0.254 e. The van der Waals surface area contributed by atoms with Crippen LogP contribution in [0.4, 0.5) is 5.69 Å². The number of hydrogen-bond donors (Lipinski definition) is 1. The zero-order valence-electron chi connectivity index (χ0n) is 16.6. The van der Waals surface area contributed by atoms with Gasteiger partial charge in [-0.3, -0.25) is 14.5 Å². The van der Waals surface area contributed by atoms with Crippen LogP contribution in [0.25, 0.3) is 10.2 Å². The van der Waals surface area contributed by atoms with E-state index in [2.05, 4.69) is 23.2 Å². The van der Waals surface area contributed by atoms with Crippen LogP contribution in [0.5, 0.6) is 0 Å². The summed E-state index contributed by atoms with van der Waals surface area (Å²) in [6.07, 6.45) is 0. The van der Waals surface area contributed by atoms with Crippen molar-refractivity contribution in [3.8, 4) is 0 Å². The van der Waals surface area contributed by atoms with Gasteiger partial charge in [-0.25, -0.2) is 4.98 Å². The quantitative estimate of drug-likeness (QED) is 0.714. The molecule has 0 saturated carbocycles. The second-order valence-corrected chi connectivity index (χ2v) is 8.35. The Hall–Kier alpha value is -2.77. The third-order valence-electron chi connectivity index (χ3n) is 5.25. The average molecular weight is 409 g/mol. The molecule has 1 fully saturated rings. The molecule has 6 nitrogen and oxygen atoms in total. The molecule has 0 aliphatic carbocycles. The normalized spacial score (nSPS) is 16.0. The fraction of sp³-hybridized carbons (Fsp3) is 0.318. The van der Waals surface area contributed by atoms with Crippen LogP contribution in [-0.4, -0.2) is 52.8 Å². The summed E-state index contributed by atoms with van der Waals surface area (Å²) in [6.45, 7) is 6.63. The number of nitrogens with one attached hydrogen (secondary N) is 1. The van der Waals surface area contributed by atoms with Crippen LogP contribution in [0.15, 0.2) is 48.5 Å². The van der Waals surface area contributed by atoms with Crippen LogP contribution in [-0.2, 0) is 4.79 Å². The van der Waals surface area contributed by atoms with Crippen molar-refractivity contribution in [1.82, 2.24) is 14.8 Å². The lowest BCUT2D eigenvalue weighted by atomic mass is 10.1. The summed E-state index contributed by atoms with van der Waals surface area (Å²) in [4.78, 5) is 33.2. The highest BCUT2D eigenvalue weighted by atomic mass is 32.1. The second-order valence-electron chi connectivity index (χ2n) is 7.29. The molecule has 2 heterocycles. The molecule has 0 bridgehead atoms. The monoisotopic (exact) mass is 408 g/mol. The molecule has 3 aromatic rings. The molecule has 1 aliphatic rings. The first kappa shape index (κ1) is 19.5. The number of thiazole rings is 1. The summed E-state index contributed by atoms with van der Waals surface area (Å²) in [6, 6.07) is 15.6. The SMILES string of the molecule is CC(=O)Nc1cccc(C(=O)N2CCN([C@@H](C)c3nc4ccccc4s3)CC2)c1. The first-order valence-electron chi connectivity index (χ1n) is 9.78. The fourth-order valence-corrected chi connectivity index (χ4v) is 4.71. The van der Waals surface area contributed by atoms with Gasteiger partial charge in [0.2, 0.25) is 5.91 Å². The maximum absolute atomic E-state index is 12.9. The van der Waals surface area contributed by atoms with Gasteiger partial charge in [0.25, 0.3) is 5.91 Å². The molecular formula is C22H24N4O2S. The smallest absolute Gasteiger partial charge is 0.254 e. The van der Waals surface area contributed by atoms with Gasteiger partial charge in [0.15, 0.2) is 0 Å². The van der Waals surface area contributed by atoms with Crippen LogP contribution < -0.4 is 5.32 Å². The van der Waals surface area contributed by atoms with Gasteiger partial charge in [0, 0.05) is 44.4 Å². The number of amides is 2. The van der Waals surface area contributed by atoms with E-state index in [1.807, 2.05) is 23.1 Å². The third kappa shape index (κ3) is 4.31. The van der Waals surface area contributed by atoms with Crippen molar-refractivity contribution >= 4 is 39.1 Å². The van der Waals surface area contributed by atoms with Gasteiger partial charge in [-0.1, -0.05) is 18.2 Å². The molecule has 0 spiro atoms. The van der Waals surface area contributed by atoms with Gasteiger partial charge in [0.05, 0.1) is 16.3 Å². The Balaban J connectivity index is 1.39. The summed E-state index contributed by atoms with van der Waals surface area (Å²) in [5.41, 5.74) is 2.29. The van der Waals surface area contributed by atoms with Gasteiger partial charge >= 0.3 is 0 Å². The molecule has 0 unspecified atom stereocenters. The molecule has 0 radical (unpaired) electrons. The van der Waals surface area contributed by atoms with Crippen molar-refractivity contribution in [2.75, 3.05) is 31.5 Å². The molecule has 4 rings (SSSR count). The largest absolute Gasteiger partial charge is 0.336 e. The Morgan fingerprint density at radius 2 is 1.83 bits per heavy atom. The van der Waals surface area contributed by atoms with E-state index < -0.39 is 0 Å². The van der Waals surface area contributed by atoms with E-state index in [-0.39, 0.29) is 17.9 Å². The number of rotatable bonds is 4. The molecule has 2 aromatic carbocycles. The molecule has 29 heavy (non-hydrogen) atoms. The molecular weight excluding hydrogens is 384 g/mol. The Morgan fingerprint density at radius 1 is 1.07 bits per heavy atom.